The Labute approximate surface area is 202 Å². The van der Waals surface area contributed by atoms with E-state index in [1.165, 1.54) is 0 Å². The molecule has 2 heterocycles. The van der Waals surface area contributed by atoms with Crippen LogP contribution in [0, 0.1) is 11.8 Å². The van der Waals surface area contributed by atoms with E-state index in [0.717, 1.165) is 13.0 Å². The van der Waals surface area contributed by atoms with E-state index >= 15 is 0 Å². The van der Waals surface area contributed by atoms with Gasteiger partial charge in [-0.3, -0.25) is 0 Å². The third kappa shape index (κ3) is 12.3. The largest absolute Gasteiger partial charge is 0.376 e. The number of rotatable bonds is 10. The summed E-state index contributed by atoms with van der Waals surface area (Å²) in [5.74, 6) is 0.466. The minimum Gasteiger partial charge on any atom is -0.376 e. The zero-order chi connectivity index (χ0) is 25.1. The molecule has 0 N–H and O–H groups in total. The molecule has 0 amide bonds. The molecule has 0 bridgehead atoms. The highest BCUT2D eigenvalue weighted by molar-refractivity contribution is 4.87. The Morgan fingerprint density at radius 2 is 1.24 bits per heavy atom. The predicted octanol–water partition coefficient (Wildman–Crippen LogP) is 5.21. The van der Waals surface area contributed by atoms with Gasteiger partial charge in [-0.15, -0.1) is 0 Å². The second-order valence-electron chi connectivity index (χ2n) is 10.6. The van der Waals surface area contributed by atoms with Gasteiger partial charge < -0.3 is 28.4 Å². The molecule has 0 aliphatic carbocycles. The molecule has 2 fully saturated rings. The van der Waals surface area contributed by atoms with Crippen molar-refractivity contribution in [2.75, 3.05) is 26.4 Å². The molecular weight excluding hydrogens is 427 g/mol. The summed E-state index contributed by atoms with van der Waals surface area (Å²) < 4.78 is 48.2. The molecule has 2 aliphatic heterocycles. The molecule has 0 aromatic rings. The van der Waals surface area contributed by atoms with Gasteiger partial charge in [0.15, 0.2) is 0 Å². The summed E-state index contributed by atoms with van der Waals surface area (Å²) in [4.78, 5) is 0. The van der Waals surface area contributed by atoms with Gasteiger partial charge in [0.2, 0.25) is 0 Å². The molecule has 33 heavy (non-hydrogen) atoms. The number of hydrogen-bond acceptors (Lipinski definition) is 6. The molecule has 0 aromatic carbocycles. The van der Waals surface area contributed by atoms with Crippen molar-refractivity contribution in [3.8, 4) is 0 Å². The van der Waals surface area contributed by atoms with Crippen LogP contribution < -0.4 is 0 Å². The summed E-state index contributed by atoms with van der Waals surface area (Å²) in [7, 11) is 0. The first-order chi connectivity index (χ1) is 15.4. The first-order valence-corrected chi connectivity index (χ1v) is 12.8. The summed E-state index contributed by atoms with van der Waals surface area (Å²) >= 11 is 0. The van der Waals surface area contributed by atoms with Gasteiger partial charge in [0.1, 0.15) is 24.5 Å². The Kier molecular flexibility index (Phi) is 14.6. The Hall–Kier alpha value is -0.310. The highest BCUT2D eigenvalue weighted by Gasteiger charge is 2.40. The van der Waals surface area contributed by atoms with Gasteiger partial charge >= 0.3 is 0 Å². The van der Waals surface area contributed by atoms with Crippen LogP contribution >= 0.6 is 0 Å². The van der Waals surface area contributed by atoms with Crippen LogP contribution in [0.4, 0.5) is 4.39 Å². The van der Waals surface area contributed by atoms with Crippen molar-refractivity contribution in [2.24, 2.45) is 11.8 Å². The van der Waals surface area contributed by atoms with E-state index in [0.29, 0.717) is 25.7 Å². The highest BCUT2D eigenvalue weighted by atomic mass is 19.1. The molecule has 7 atom stereocenters. The highest BCUT2D eigenvalue weighted by Crippen LogP contribution is 2.27. The molecular formula is C26H51FO6. The van der Waals surface area contributed by atoms with Crippen LogP contribution in [-0.4, -0.2) is 81.4 Å². The molecule has 2 rings (SSSR count). The van der Waals surface area contributed by atoms with E-state index in [4.69, 9.17) is 28.4 Å². The molecule has 2 aliphatic rings. The van der Waals surface area contributed by atoms with Crippen molar-refractivity contribution < 1.29 is 32.8 Å². The van der Waals surface area contributed by atoms with E-state index in [1.807, 2.05) is 48.5 Å². The molecule has 6 nitrogen and oxygen atoms in total. The van der Waals surface area contributed by atoms with Gasteiger partial charge in [0.05, 0.1) is 50.3 Å². The number of ether oxygens (including phenoxy) is 6. The van der Waals surface area contributed by atoms with E-state index in [2.05, 4.69) is 20.8 Å². The molecule has 0 saturated carbocycles. The van der Waals surface area contributed by atoms with E-state index in [-0.39, 0.29) is 48.6 Å². The number of alkyl halides is 1. The molecule has 0 radical (unpaired) electrons. The maximum atomic E-state index is 14.1. The number of halogens is 1. The van der Waals surface area contributed by atoms with Crippen LogP contribution in [0.5, 0.6) is 0 Å². The summed E-state index contributed by atoms with van der Waals surface area (Å²) in [6.07, 6.45) is 0.177. The van der Waals surface area contributed by atoms with Crippen molar-refractivity contribution >= 4 is 0 Å². The topological polar surface area (TPSA) is 55.4 Å². The fourth-order valence-electron chi connectivity index (χ4n) is 3.85. The van der Waals surface area contributed by atoms with Crippen LogP contribution in [0.1, 0.15) is 75.7 Å². The second kappa shape index (κ2) is 15.6. The molecule has 0 spiro atoms. The van der Waals surface area contributed by atoms with Crippen LogP contribution in [0.3, 0.4) is 0 Å². The van der Waals surface area contributed by atoms with Gasteiger partial charge in [-0.25, -0.2) is 4.39 Å². The Bertz CT molecular complexity index is 499. The van der Waals surface area contributed by atoms with Crippen molar-refractivity contribution in [1.82, 2.24) is 0 Å². The lowest BCUT2D eigenvalue weighted by Crippen LogP contribution is -2.51. The molecule has 0 unspecified atom stereocenters. The summed E-state index contributed by atoms with van der Waals surface area (Å²) in [6, 6.07) is 0. The average molecular weight is 479 g/mol. The smallest absolute Gasteiger partial charge is 0.134 e. The van der Waals surface area contributed by atoms with Gasteiger partial charge in [-0.1, -0.05) is 13.8 Å². The van der Waals surface area contributed by atoms with Crippen molar-refractivity contribution in [1.29, 1.82) is 0 Å². The van der Waals surface area contributed by atoms with Crippen LogP contribution in [-0.2, 0) is 28.4 Å². The first kappa shape index (κ1) is 30.7. The van der Waals surface area contributed by atoms with Gasteiger partial charge in [-0.2, -0.15) is 0 Å². The quantitative estimate of drug-likeness (QED) is 0.430. The van der Waals surface area contributed by atoms with Crippen LogP contribution in [0.25, 0.3) is 0 Å². The van der Waals surface area contributed by atoms with Crippen LogP contribution in [0.15, 0.2) is 0 Å². The van der Waals surface area contributed by atoms with E-state index in [1.54, 1.807) is 0 Å². The molecule has 2 saturated heterocycles. The Morgan fingerprint density at radius 1 is 0.727 bits per heavy atom. The third-order valence-electron chi connectivity index (χ3n) is 5.51. The fraction of sp³-hybridized carbons (Fsp3) is 1.00. The Balaban J connectivity index is 0.000000331. The molecule has 0 aromatic heterocycles. The van der Waals surface area contributed by atoms with Crippen molar-refractivity contribution in [2.45, 2.75) is 131 Å². The maximum absolute atomic E-state index is 14.1. The Morgan fingerprint density at radius 3 is 1.76 bits per heavy atom. The van der Waals surface area contributed by atoms with E-state index < -0.39 is 12.3 Å². The zero-order valence-corrected chi connectivity index (χ0v) is 22.7. The SMILES string of the molecule is CC(C)OC[C@H]1OC[C@@H](C)C[C@@H]1OC(C)C.CC(C)OC[C@H]1OC[C@@H](C)[C@H](F)[C@@H]1OC(C)C. The average Bonchev–Trinajstić information content (AvgIpc) is 2.70. The van der Waals surface area contributed by atoms with Crippen molar-refractivity contribution in [3.63, 3.8) is 0 Å². The van der Waals surface area contributed by atoms with E-state index in [9.17, 15) is 4.39 Å². The number of hydrogen-bond donors (Lipinski definition) is 0. The first-order valence-electron chi connectivity index (χ1n) is 12.8. The third-order valence-corrected chi connectivity index (χ3v) is 5.51. The molecule has 7 heteroatoms. The zero-order valence-electron chi connectivity index (χ0n) is 22.7. The van der Waals surface area contributed by atoms with Crippen LogP contribution in [0.2, 0.25) is 0 Å². The van der Waals surface area contributed by atoms with Crippen molar-refractivity contribution in [3.05, 3.63) is 0 Å². The van der Waals surface area contributed by atoms with Gasteiger partial charge in [0.25, 0.3) is 0 Å². The fourth-order valence-corrected chi connectivity index (χ4v) is 3.85. The molecule has 198 valence electrons. The summed E-state index contributed by atoms with van der Waals surface area (Å²) in [6.45, 7) is 22.3. The monoisotopic (exact) mass is 478 g/mol. The summed E-state index contributed by atoms with van der Waals surface area (Å²) in [5.41, 5.74) is 0. The standard InChI is InChI=1S/C13H25FO3.C13H26O3/c1-8(2)15-7-11-13(17-9(3)4)12(14)10(5)6-16-11;1-9(2)14-8-13-12(16-10(3)4)6-11(5)7-15-13/h8-13H,6-7H2,1-5H3;9-13H,6-8H2,1-5H3/t10-,11-,12+,13-;11-,12-,13+/m10/s1. The summed E-state index contributed by atoms with van der Waals surface area (Å²) in [5, 5.41) is 0. The maximum Gasteiger partial charge on any atom is 0.134 e. The lowest BCUT2D eigenvalue weighted by Gasteiger charge is -2.38. The van der Waals surface area contributed by atoms with Gasteiger partial charge in [-0.05, 0) is 67.7 Å². The van der Waals surface area contributed by atoms with Gasteiger partial charge in [0, 0.05) is 12.5 Å². The minimum atomic E-state index is -0.980. The second-order valence-corrected chi connectivity index (χ2v) is 10.6. The minimum absolute atomic E-state index is 0.00583. The lowest BCUT2D eigenvalue weighted by molar-refractivity contribution is -0.191. The normalized spacial score (nSPS) is 33.0. The lowest BCUT2D eigenvalue weighted by atomic mass is 9.95. The predicted molar refractivity (Wildman–Crippen MR) is 130 cm³/mol.